The largest absolute Gasteiger partial charge is 0.265 e. The molecule has 0 saturated carbocycles. The molecule has 0 fully saturated rings. The second-order valence-electron chi connectivity index (χ2n) is 3.72. The van der Waals surface area contributed by atoms with Crippen LogP contribution in [0.4, 0.5) is 0 Å². The van der Waals surface area contributed by atoms with Gasteiger partial charge in [-0.05, 0) is 33.6 Å². The van der Waals surface area contributed by atoms with Gasteiger partial charge in [-0.1, -0.05) is 23.3 Å². The maximum Gasteiger partial charge on any atom is 0.207 e. The highest BCUT2D eigenvalue weighted by atomic mass is 16.6. The van der Waals surface area contributed by atoms with E-state index >= 15 is 0 Å². The molecule has 0 amide bonds. The smallest absolute Gasteiger partial charge is 0.207 e. The molecule has 0 unspecified atom stereocenters. The average Bonchev–Trinajstić information content (AvgIpc) is 2.02. The summed E-state index contributed by atoms with van der Waals surface area (Å²) in [6.45, 7) is 6.22. The Kier molecular flexibility index (Phi) is 6.72. The van der Waals surface area contributed by atoms with Crippen molar-refractivity contribution in [2.24, 2.45) is 0 Å². The van der Waals surface area contributed by atoms with E-state index in [4.69, 9.17) is 0 Å². The third-order valence-electron chi connectivity index (χ3n) is 1.90. The molecule has 14 heavy (non-hydrogen) atoms. The van der Waals surface area contributed by atoms with Gasteiger partial charge in [-0.25, -0.2) is 0 Å². The summed E-state index contributed by atoms with van der Waals surface area (Å²) in [6, 6.07) is 0. The van der Waals surface area contributed by atoms with E-state index in [0.717, 1.165) is 12.8 Å². The molecule has 80 valence electrons. The van der Waals surface area contributed by atoms with Gasteiger partial charge in [-0.2, -0.15) is 0 Å². The summed E-state index contributed by atoms with van der Waals surface area (Å²) in [6.07, 6.45) is 6.73. The van der Waals surface area contributed by atoms with Crippen LogP contribution in [0.15, 0.2) is 23.3 Å². The summed E-state index contributed by atoms with van der Waals surface area (Å²) in [5.41, 5.74) is 2.56. The topological polar surface area (TPSA) is 43.1 Å². The van der Waals surface area contributed by atoms with Crippen molar-refractivity contribution in [3.05, 3.63) is 33.4 Å². The number of nitrogens with zero attached hydrogens (tertiary/aromatic N) is 1. The molecule has 0 heterocycles. The van der Waals surface area contributed by atoms with Crippen molar-refractivity contribution in [3.63, 3.8) is 0 Å². The molecule has 3 heteroatoms. The zero-order valence-corrected chi connectivity index (χ0v) is 9.25. The van der Waals surface area contributed by atoms with Gasteiger partial charge in [-0.3, -0.25) is 10.1 Å². The highest BCUT2D eigenvalue weighted by molar-refractivity contribution is 5.01. The molecule has 0 aromatic carbocycles. The van der Waals surface area contributed by atoms with E-state index in [0.29, 0.717) is 6.42 Å². The summed E-state index contributed by atoms with van der Waals surface area (Å²) in [7, 11) is 0. The van der Waals surface area contributed by atoms with Gasteiger partial charge in [0.15, 0.2) is 0 Å². The Hall–Kier alpha value is -1.12. The Balaban J connectivity index is 3.67. The zero-order valence-electron chi connectivity index (χ0n) is 9.25. The van der Waals surface area contributed by atoms with Crippen molar-refractivity contribution in [1.82, 2.24) is 0 Å². The van der Waals surface area contributed by atoms with E-state index in [9.17, 15) is 10.1 Å². The van der Waals surface area contributed by atoms with Gasteiger partial charge in [-0.15, -0.1) is 0 Å². The molecule has 0 aromatic rings. The maximum atomic E-state index is 10.1. The number of hydrogen-bond acceptors (Lipinski definition) is 2. The third kappa shape index (κ3) is 8.97. The highest BCUT2D eigenvalue weighted by Gasteiger charge is 1.94. The van der Waals surface area contributed by atoms with Crippen molar-refractivity contribution in [3.8, 4) is 0 Å². The Labute approximate surface area is 85.7 Å². The summed E-state index contributed by atoms with van der Waals surface area (Å²) >= 11 is 0. The molecule has 0 aliphatic heterocycles. The Morgan fingerprint density at radius 2 is 1.86 bits per heavy atom. The number of nitro groups is 1. The second-order valence-corrected chi connectivity index (χ2v) is 3.72. The van der Waals surface area contributed by atoms with E-state index in [1.54, 1.807) is 0 Å². The third-order valence-corrected chi connectivity index (χ3v) is 1.90. The lowest BCUT2D eigenvalue weighted by Gasteiger charge is -1.97. The first-order valence-electron chi connectivity index (χ1n) is 4.93. The lowest BCUT2D eigenvalue weighted by atomic mass is 10.1. The van der Waals surface area contributed by atoms with Crippen molar-refractivity contribution in [1.29, 1.82) is 0 Å². The Morgan fingerprint density at radius 3 is 2.36 bits per heavy atom. The van der Waals surface area contributed by atoms with Crippen LogP contribution in [0, 0.1) is 10.1 Å². The standard InChI is InChI=1S/C11H19NO2/c1-10(2)6-4-7-11(3)8-5-9-12(13)14/h6,8H,4-5,7,9H2,1-3H3/b11-8+. The molecule has 0 spiro atoms. The molecule has 0 N–H and O–H groups in total. The first-order chi connectivity index (χ1) is 6.52. The van der Waals surface area contributed by atoms with E-state index in [2.05, 4.69) is 19.9 Å². The molecular formula is C11H19NO2. The minimum atomic E-state index is -0.278. The first kappa shape index (κ1) is 12.9. The van der Waals surface area contributed by atoms with Crippen LogP contribution in [0.3, 0.4) is 0 Å². The molecule has 0 bridgehead atoms. The van der Waals surface area contributed by atoms with Gasteiger partial charge < -0.3 is 0 Å². The molecule has 0 aliphatic carbocycles. The molecule has 0 radical (unpaired) electrons. The lowest BCUT2D eigenvalue weighted by molar-refractivity contribution is -0.478. The molecule has 0 aliphatic rings. The van der Waals surface area contributed by atoms with Crippen molar-refractivity contribution >= 4 is 0 Å². The molecule has 0 atom stereocenters. The van der Waals surface area contributed by atoms with Crippen LogP contribution in [0.25, 0.3) is 0 Å². The van der Waals surface area contributed by atoms with Gasteiger partial charge in [0.25, 0.3) is 0 Å². The van der Waals surface area contributed by atoms with Crippen LogP contribution in [-0.2, 0) is 0 Å². The second kappa shape index (κ2) is 7.30. The Bertz CT molecular complexity index is 238. The quantitative estimate of drug-likeness (QED) is 0.372. The maximum absolute atomic E-state index is 10.1. The van der Waals surface area contributed by atoms with Crippen LogP contribution in [0.2, 0.25) is 0 Å². The van der Waals surface area contributed by atoms with E-state index in [1.165, 1.54) is 11.1 Å². The predicted octanol–water partition coefficient (Wildman–Crippen LogP) is 3.35. The van der Waals surface area contributed by atoms with E-state index in [1.807, 2.05) is 13.0 Å². The minimum Gasteiger partial charge on any atom is -0.265 e. The zero-order chi connectivity index (χ0) is 11.0. The van der Waals surface area contributed by atoms with Crippen LogP contribution < -0.4 is 0 Å². The SMILES string of the molecule is CC(C)=CCC/C(C)=C/CC[N+](=O)[O-]. The highest BCUT2D eigenvalue weighted by Crippen LogP contribution is 2.07. The van der Waals surface area contributed by atoms with Gasteiger partial charge in [0.2, 0.25) is 6.54 Å². The summed E-state index contributed by atoms with van der Waals surface area (Å²) in [4.78, 5) is 9.77. The van der Waals surface area contributed by atoms with E-state index < -0.39 is 0 Å². The number of hydrogen-bond donors (Lipinski definition) is 0. The van der Waals surface area contributed by atoms with Crippen LogP contribution in [0.1, 0.15) is 40.0 Å². The first-order valence-corrected chi connectivity index (χ1v) is 4.93. The Morgan fingerprint density at radius 1 is 1.21 bits per heavy atom. The van der Waals surface area contributed by atoms with E-state index in [-0.39, 0.29) is 11.5 Å². The fourth-order valence-electron chi connectivity index (χ4n) is 1.11. The van der Waals surface area contributed by atoms with Crippen LogP contribution in [-0.4, -0.2) is 11.5 Å². The van der Waals surface area contributed by atoms with Crippen molar-refractivity contribution in [2.75, 3.05) is 6.54 Å². The number of rotatable bonds is 6. The molecule has 3 nitrogen and oxygen atoms in total. The summed E-state index contributed by atoms with van der Waals surface area (Å²) in [5, 5.41) is 10.1. The molecular weight excluding hydrogens is 178 g/mol. The average molecular weight is 197 g/mol. The summed E-state index contributed by atoms with van der Waals surface area (Å²) < 4.78 is 0. The van der Waals surface area contributed by atoms with Gasteiger partial charge in [0.1, 0.15) is 0 Å². The monoisotopic (exact) mass is 197 g/mol. The lowest BCUT2D eigenvalue weighted by Crippen LogP contribution is -1.98. The molecule has 0 aromatic heterocycles. The van der Waals surface area contributed by atoms with Gasteiger partial charge in [0, 0.05) is 11.3 Å². The minimum absolute atomic E-state index is 0.0417. The van der Waals surface area contributed by atoms with Crippen molar-refractivity contribution in [2.45, 2.75) is 40.0 Å². The molecule has 0 rings (SSSR count). The predicted molar refractivity (Wildman–Crippen MR) is 58.9 cm³/mol. The van der Waals surface area contributed by atoms with Gasteiger partial charge in [0.05, 0.1) is 0 Å². The fourth-order valence-corrected chi connectivity index (χ4v) is 1.11. The number of allylic oxidation sites excluding steroid dienone is 3. The normalized spacial score (nSPS) is 11.2. The summed E-state index contributed by atoms with van der Waals surface area (Å²) in [5.74, 6) is 0. The fraction of sp³-hybridized carbons (Fsp3) is 0.636. The van der Waals surface area contributed by atoms with Crippen molar-refractivity contribution < 1.29 is 4.92 Å². The van der Waals surface area contributed by atoms with Gasteiger partial charge >= 0.3 is 0 Å². The van der Waals surface area contributed by atoms with Crippen LogP contribution in [0.5, 0.6) is 0 Å². The van der Waals surface area contributed by atoms with Crippen LogP contribution >= 0.6 is 0 Å². The molecule has 0 saturated heterocycles.